The van der Waals surface area contributed by atoms with Crippen LogP contribution in [0.4, 0.5) is 0 Å². The van der Waals surface area contributed by atoms with E-state index in [4.69, 9.17) is 18.9 Å². The number of methoxy groups -OCH3 is 1. The lowest BCUT2D eigenvalue weighted by molar-refractivity contribution is -0.345. The molecule has 9 atom stereocenters. The molecule has 10 heteroatoms. The molecule has 0 aromatic heterocycles. The summed E-state index contributed by atoms with van der Waals surface area (Å²) < 4.78 is 21.1. The van der Waals surface area contributed by atoms with Crippen LogP contribution in [0, 0.1) is 11.8 Å². The van der Waals surface area contributed by atoms with E-state index in [1.165, 1.54) is 20.1 Å². The topological polar surface area (TPSA) is 155 Å². The molecule has 3 aliphatic rings. The predicted octanol–water partition coefficient (Wildman–Crippen LogP) is -2.23. The number of allylic oxidation sites excluding steroid dienone is 1. The first-order valence-electron chi connectivity index (χ1n) is 8.52. The third-order valence-electron chi connectivity index (χ3n) is 5.22. The summed E-state index contributed by atoms with van der Waals surface area (Å²) in [7, 11) is 1.23. The van der Waals surface area contributed by atoms with Gasteiger partial charge in [0.1, 0.15) is 24.4 Å². The number of fused-ring (bicyclic) bond motifs is 1. The molecule has 2 aliphatic heterocycles. The van der Waals surface area contributed by atoms with Crippen LogP contribution in [0.1, 0.15) is 6.92 Å². The molecule has 0 unspecified atom stereocenters. The average Bonchev–Trinajstić information content (AvgIpc) is 2.97. The maximum atomic E-state index is 12.0. The second-order valence-electron chi connectivity index (χ2n) is 7.04. The van der Waals surface area contributed by atoms with Gasteiger partial charge in [0.25, 0.3) is 0 Å². The molecule has 0 radical (unpaired) electrons. The fraction of sp³-hybridized carbons (Fsp3) is 0.706. The standard InChI is InChI=1S/C17H24O10/c1-17(23)4-3-7-8(14(22)24-2)6-25-15(10(7)17)27-16-13(21)12(20)11(19)9(5-18)26-16/h3-4,6-7,9-13,15-16,18-21,23H,5H2,1-2H3/t7-,9-,10-,11-,12+,13-,15-,16+,17-/m0/s1. The number of hydrogen-bond donors (Lipinski definition) is 5. The Bertz CT molecular complexity index is 627. The quantitative estimate of drug-likeness (QED) is 0.264. The first-order chi connectivity index (χ1) is 12.7. The van der Waals surface area contributed by atoms with Gasteiger partial charge in [-0.25, -0.2) is 4.79 Å². The Morgan fingerprint density at radius 1 is 1.22 bits per heavy atom. The molecule has 1 aliphatic carbocycles. The van der Waals surface area contributed by atoms with Gasteiger partial charge >= 0.3 is 5.97 Å². The largest absolute Gasteiger partial charge is 0.471 e. The van der Waals surface area contributed by atoms with Crippen LogP contribution in [0.3, 0.4) is 0 Å². The smallest absolute Gasteiger partial charge is 0.337 e. The van der Waals surface area contributed by atoms with Crippen molar-refractivity contribution in [3.8, 4) is 0 Å². The lowest BCUT2D eigenvalue weighted by Crippen LogP contribution is -2.60. The number of rotatable bonds is 4. The van der Waals surface area contributed by atoms with E-state index in [1.807, 2.05) is 0 Å². The highest BCUT2D eigenvalue weighted by Crippen LogP contribution is 2.45. The highest BCUT2D eigenvalue weighted by molar-refractivity contribution is 5.89. The Balaban J connectivity index is 1.82. The number of carbonyl (C=O) groups excluding carboxylic acids is 1. The first kappa shape index (κ1) is 20.2. The second-order valence-corrected chi connectivity index (χ2v) is 7.04. The van der Waals surface area contributed by atoms with Gasteiger partial charge in [0, 0.05) is 5.92 Å². The summed E-state index contributed by atoms with van der Waals surface area (Å²) in [6.45, 7) is 0.912. The number of aliphatic hydroxyl groups excluding tert-OH is 4. The zero-order valence-corrected chi connectivity index (χ0v) is 14.8. The molecule has 0 amide bonds. The van der Waals surface area contributed by atoms with Gasteiger partial charge in [-0.05, 0) is 6.92 Å². The minimum atomic E-state index is -1.62. The number of aliphatic hydroxyl groups is 5. The Kier molecular flexibility index (Phi) is 5.59. The van der Waals surface area contributed by atoms with Gasteiger partial charge in [-0.2, -0.15) is 0 Å². The van der Waals surface area contributed by atoms with Crippen molar-refractivity contribution in [2.45, 2.75) is 49.5 Å². The molecular formula is C17H24O10. The Hall–Kier alpha value is -1.53. The van der Waals surface area contributed by atoms with Crippen molar-refractivity contribution in [2.75, 3.05) is 13.7 Å². The summed E-state index contributed by atoms with van der Waals surface area (Å²) in [6, 6.07) is 0. The maximum absolute atomic E-state index is 12.0. The second kappa shape index (κ2) is 7.47. The molecule has 0 aromatic carbocycles. The third-order valence-corrected chi connectivity index (χ3v) is 5.22. The van der Waals surface area contributed by atoms with Crippen molar-refractivity contribution in [3.05, 3.63) is 24.0 Å². The van der Waals surface area contributed by atoms with E-state index in [0.717, 1.165) is 6.26 Å². The van der Waals surface area contributed by atoms with E-state index in [2.05, 4.69) is 0 Å². The van der Waals surface area contributed by atoms with Crippen LogP contribution >= 0.6 is 0 Å². The monoisotopic (exact) mass is 388 g/mol. The van der Waals surface area contributed by atoms with Crippen LogP contribution in [-0.2, 0) is 23.7 Å². The maximum Gasteiger partial charge on any atom is 0.337 e. The molecule has 3 rings (SSSR count). The molecule has 2 heterocycles. The van der Waals surface area contributed by atoms with Crippen LogP contribution in [0.15, 0.2) is 24.0 Å². The summed E-state index contributed by atoms with van der Waals surface area (Å²) in [4.78, 5) is 12.0. The highest BCUT2D eigenvalue weighted by atomic mass is 16.8. The lowest BCUT2D eigenvalue weighted by Gasteiger charge is -2.44. The zero-order chi connectivity index (χ0) is 19.9. The predicted molar refractivity (Wildman–Crippen MR) is 86.6 cm³/mol. The van der Waals surface area contributed by atoms with E-state index < -0.39 is 67.0 Å². The van der Waals surface area contributed by atoms with E-state index in [9.17, 15) is 30.3 Å². The van der Waals surface area contributed by atoms with Gasteiger partial charge in [-0.1, -0.05) is 12.2 Å². The van der Waals surface area contributed by atoms with Gasteiger partial charge < -0.3 is 44.5 Å². The molecule has 5 N–H and O–H groups in total. The fourth-order valence-corrected chi connectivity index (χ4v) is 3.67. The van der Waals surface area contributed by atoms with E-state index in [-0.39, 0.29) is 5.57 Å². The molecule has 0 saturated carbocycles. The van der Waals surface area contributed by atoms with Crippen LogP contribution in [0.5, 0.6) is 0 Å². The molecule has 152 valence electrons. The number of carbonyl (C=O) groups is 1. The number of hydrogen-bond acceptors (Lipinski definition) is 10. The molecule has 0 bridgehead atoms. The average molecular weight is 388 g/mol. The van der Waals surface area contributed by atoms with Gasteiger partial charge in [-0.15, -0.1) is 0 Å². The van der Waals surface area contributed by atoms with E-state index in [1.54, 1.807) is 6.08 Å². The SMILES string of the molecule is COC(=O)C1=CO[C@@H](O[C@H]2O[C@@H](CO)[C@H](O)[C@@H](O)[C@@H]2O)[C@@H]2[C@H]1C=C[C@]2(C)O. The first-order valence-corrected chi connectivity index (χ1v) is 8.52. The summed E-state index contributed by atoms with van der Waals surface area (Å²) in [5, 5.41) is 49.8. The highest BCUT2D eigenvalue weighted by Gasteiger charge is 2.53. The zero-order valence-electron chi connectivity index (χ0n) is 14.8. The van der Waals surface area contributed by atoms with Gasteiger partial charge in [0.15, 0.2) is 6.29 Å². The molecule has 1 fully saturated rings. The van der Waals surface area contributed by atoms with Crippen molar-refractivity contribution < 1.29 is 49.3 Å². The van der Waals surface area contributed by atoms with Gasteiger partial charge in [0.05, 0.1) is 37.1 Å². The summed E-state index contributed by atoms with van der Waals surface area (Å²) in [5.41, 5.74) is -1.19. The van der Waals surface area contributed by atoms with E-state index >= 15 is 0 Å². The normalized spacial score (nSPS) is 46.4. The van der Waals surface area contributed by atoms with Crippen molar-refractivity contribution >= 4 is 5.97 Å². The summed E-state index contributed by atoms with van der Waals surface area (Å²) in [6.07, 6.45) is -4.16. The third kappa shape index (κ3) is 3.49. The van der Waals surface area contributed by atoms with Gasteiger partial charge in [0.2, 0.25) is 6.29 Å². The summed E-state index contributed by atoms with van der Waals surface area (Å²) in [5.74, 6) is -1.93. The minimum absolute atomic E-state index is 0.199. The van der Waals surface area contributed by atoms with Crippen molar-refractivity contribution in [1.29, 1.82) is 0 Å². The Morgan fingerprint density at radius 2 is 1.93 bits per heavy atom. The molecule has 0 spiro atoms. The minimum Gasteiger partial charge on any atom is -0.471 e. The molecule has 0 aromatic rings. The fourth-order valence-electron chi connectivity index (χ4n) is 3.67. The Morgan fingerprint density at radius 3 is 2.56 bits per heavy atom. The van der Waals surface area contributed by atoms with Crippen molar-refractivity contribution in [2.24, 2.45) is 11.8 Å². The molecule has 1 saturated heterocycles. The summed E-state index contributed by atoms with van der Waals surface area (Å²) >= 11 is 0. The van der Waals surface area contributed by atoms with E-state index in [0.29, 0.717) is 0 Å². The van der Waals surface area contributed by atoms with Gasteiger partial charge in [-0.3, -0.25) is 0 Å². The van der Waals surface area contributed by atoms with Crippen LogP contribution in [-0.4, -0.2) is 87.8 Å². The Labute approximate surface area is 155 Å². The molecule has 27 heavy (non-hydrogen) atoms. The number of esters is 1. The molecular weight excluding hydrogens is 364 g/mol. The molecule has 10 nitrogen and oxygen atoms in total. The van der Waals surface area contributed by atoms with Crippen molar-refractivity contribution in [1.82, 2.24) is 0 Å². The van der Waals surface area contributed by atoms with Crippen LogP contribution in [0.25, 0.3) is 0 Å². The van der Waals surface area contributed by atoms with Crippen LogP contribution < -0.4 is 0 Å². The van der Waals surface area contributed by atoms with Crippen LogP contribution in [0.2, 0.25) is 0 Å². The number of ether oxygens (including phenoxy) is 4. The van der Waals surface area contributed by atoms with Crippen molar-refractivity contribution in [3.63, 3.8) is 0 Å². The lowest BCUT2D eigenvalue weighted by atomic mass is 9.80.